The summed E-state index contributed by atoms with van der Waals surface area (Å²) < 4.78 is 0. The number of rotatable bonds is 10. The van der Waals surface area contributed by atoms with Crippen molar-refractivity contribution in [3.63, 3.8) is 0 Å². The Morgan fingerprint density at radius 3 is 1.27 bits per heavy atom. The molecular formula is C5H5N8O13-. The molecule has 0 saturated carbocycles. The Balaban J connectivity index is 5.60. The van der Waals surface area contributed by atoms with E-state index in [1.54, 1.807) is 0 Å². The molecule has 0 aliphatic rings. The molecule has 21 heteroatoms. The van der Waals surface area contributed by atoms with Crippen LogP contribution in [0.2, 0.25) is 0 Å². The Hall–Kier alpha value is -4.33. The van der Waals surface area contributed by atoms with Gasteiger partial charge < -0.3 is 10.4 Å². The predicted octanol–water partition coefficient (Wildman–Crippen LogP) is -3.74. The van der Waals surface area contributed by atoms with Crippen molar-refractivity contribution >= 4 is 6.02 Å². The summed E-state index contributed by atoms with van der Waals surface area (Å²) in [5, 5.41) is 75.8. The summed E-state index contributed by atoms with van der Waals surface area (Å²) in [6.45, 7) is -3.92. The lowest BCUT2D eigenvalue weighted by molar-refractivity contribution is -0.966. The third-order valence-electron chi connectivity index (χ3n) is 2.67. The maximum Gasteiger partial charge on any atom is 0.719 e. The standard InChI is InChI=1S/C5H6N8O13/c14-3(6-1-4(8(15)16,9(17)18)10(19)20)7-2-5(11(21)22,12(23)24)13(25)26/h1-2H2,(H2,6,7,14)/p-1. The van der Waals surface area contributed by atoms with Gasteiger partial charge in [0.2, 0.25) is 6.54 Å². The van der Waals surface area contributed by atoms with Gasteiger partial charge in [-0.25, -0.2) is 0 Å². The van der Waals surface area contributed by atoms with Gasteiger partial charge in [0, 0.05) is 6.02 Å². The fraction of sp³-hybridized carbons (Fsp3) is 0.800. The zero-order chi connectivity index (χ0) is 20.9. The molecule has 0 fully saturated rings. The van der Waals surface area contributed by atoms with E-state index < -0.39 is 60.2 Å². The van der Waals surface area contributed by atoms with E-state index in [1.165, 1.54) is 0 Å². The second-order valence-corrected chi connectivity index (χ2v) is 4.07. The molecule has 0 amide bonds. The van der Waals surface area contributed by atoms with E-state index in [9.17, 15) is 65.8 Å². The largest absolute Gasteiger partial charge is 0.846 e. The second kappa shape index (κ2) is 7.49. The Kier molecular flexibility index (Phi) is 6.25. The Morgan fingerprint density at radius 2 is 1.00 bits per heavy atom. The number of amidine groups is 1. The summed E-state index contributed by atoms with van der Waals surface area (Å²) in [6.07, 6.45) is 0. The molecule has 0 aliphatic heterocycles. The average molecular weight is 385 g/mol. The third-order valence-corrected chi connectivity index (χ3v) is 2.67. The first-order chi connectivity index (χ1) is 11.8. The summed E-state index contributed by atoms with van der Waals surface area (Å²) in [5.41, 5.74) is 0. The normalized spacial score (nSPS) is 12.1. The van der Waals surface area contributed by atoms with Gasteiger partial charge >= 0.3 is 11.6 Å². The van der Waals surface area contributed by atoms with Crippen molar-refractivity contribution in [1.82, 2.24) is 5.32 Å². The number of hydrogen-bond donors (Lipinski definition) is 1. The summed E-state index contributed by atoms with van der Waals surface area (Å²) in [6, 6.07) is -1.98. The Labute approximate surface area is 137 Å². The fourth-order valence-corrected chi connectivity index (χ4v) is 1.19. The van der Waals surface area contributed by atoms with Gasteiger partial charge in [0.25, 0.3) is 6.54 Å². The van der Waals surface area contributed by atoms with Crippen LogP contribution in [-0.4, -0.2) is 60.2 Å². The number of nitrogens with zero attached hydrogens (tertiary/aromatic N) is 7. The molecule has 26 heavy (non-hydrogen) atoms. The quantitative estimate of drug-likeness (QED) is 0.124. The van der Waals surface area contributed by atoms with Gasteiger partial charge in [-0.2, -0.15) is 0 Å². The maximum absolute atomic E-state index is 11.3. The Bertz CT molecular complexity index is 627. The minimum absolute atomic E-state index is 1.16. The number of hydrogen-bond acceptors (Lipinski definition) is 14. The lowest BCUT2D eigenvalue weighted by atomic mass is 10.3. The van der Waals surface area contributed by atoms with E-state index in [0.29, 0.717) is 0 Å². The zero-order valence-electron chi connectivity index (χ0n) is 11.9. The zero-order valence-corrected chi connectivity index (χ0v) is 11.9. The van der Waals surface area contributed by atoms with Crippen molar-refractivity contribution in [1.29, 1.82) is 0 Å². The molecule has 0 atom stereocenters. The summed E-state index contributed by atoms with van der Waals surface area (Å²) in [7, 11) is 0. The van der Waals surface area contributed by atoms with Crippen molar-refractivity contribution in [2.75, 3.05) is 13.1 Å². The molecule has 0 aromatic rings. The van der Waals surface area contributed by atoms with Gasteiger partial charge in [-0.1, -0.05) is 0 Å². The van der Waals surface area contributed by atoms with Crippen LogP contribution in [0.5, 0.6) is 0 Å². The Morgan fingerprint density at radius 1 is 0.692 bits per heavy atom. The molecule has 144 valence electrons. The van der Waals surface area contributed by atoms with E-state index in [-0.39, 0.29) is 0 Å². The highest BCUT2D eigenvalue weighted by Crippen LogP contribution is 2.13. The van der Waals surface area contributed by atoms with Crippen LogP contribution in [0.15, 0.2) is 4.99 Å². The molecule has 0 saturated heterocycles. The number of nitrogens with one attached hydrogen (secondary N) is 1. The van der Waals surface area contributed by atoms with Crippen molar-refractivity contribution < 1.29 is 34.6 Å². The smallest absolute Gasteiger partial charge is 0.719 e. The topological polar surface area (TPSA) is 306 Å². The minimum atomic E-state index is -4.18. The van der Waals surface area contributed by atoms with Crippen molar-refractivity contribution in [2.45, 2.75) is 11.6 Å². The molecular weight excluding hydrogens is 380 g/mol. The van der Waals surface area contributed by atoms with Crippen LogP contribution in [0.1, 0.15) is 0 Å². The van der Waals surface area contributed by atoms with E-state index in [2.05, 4.69) is 4.99 Å². The lowest BCUT2D eigenvalue weighted by Crippen LogP contribution is -2.61. The average Bonchev–Trinajstić information content (AvgIpc) is 2.45. The van der Waals surface area contributed by atoms with Gasteiger partial charge in [0.1, 0.15) is 0 Å². The molecule has 0 rings (SSSR count). The summed E-state index contributed by atoms with van der Waals surface area (Å²) in [4.78, 5) is 54.0. The molecule has 21 nitrogen and oxygen atoms in total. The minimum Gasteiger partial charge on any atom is -0.846 e. The van der Waals surface area contributed by atoms with Gasteiger partial charge in [-0.05, 0) is 0 Å². The monoisotopic (exact) mass is 385 g/mol. The SMILES string of the molecule is O=[N+]([O-])C(CN=C([O-])NCC([N+](=O)[O-])([N+](=O)[O-])[N+](=O)[O-])([N+](=O)[O-])[N+](=O)[O-]. The van der Waals surface area contributed by atoms with E-state index in [4.69, 9.17) is 0 Å². The molecule has 0 aromatic carbocycles. The van der Waals surface area contributed by atoms with E-state index in [1.807, 2.05) is 0 Å². The highest BCUT2D eigenvalue weighted by molar-refractivity contribution is 5.68. The van der Waals surface area contributed by atoms with Crippen LogP contribution in [0, 0.1) is 60.7 Å². The predicted molar refractivity (Wildman–Crippen MR) is 67.7 cm³/mol. The molecule has 0 aromatic heterocycles. The van der Waals surface area contributed by atoms with Gasteiger partial charge in [0.05, 0.1) is 0 Å². The van der Waals surface area contributed by atoms with Crippen molar-refractivity contribution in [2.24, 2.45) is 4.99 Å². The second-order valence-electron chi connectivity index (χ2n) is 4.07. The van der Waals surface area contributed by atoms with Crippen LogP contribution >= 0.6 is 0 Å². The molecule has 0 bridgehead atoms. The van der Waals surface area contributed by atoms with Crippen LogP contribution in [-0.2, 0) is 0 Å². The van der Waals surface area contributed by atoms with Gasteiger partial charge in [-0.3, -0.25) is 65.7 Å². The van der Waals surface area contributed by atoms with Crippen LogP contribution in [0.4, 0.5) is 0 Å². The van der Waals surface area contributed by atoms with Crippen molar-refractivity contribution in [3.8, 4) is 0 Å². The van der Waals surface area contributed by atoms with E-state index in [0.717, 1.165) is 5.32 Å². The first-order valence-corrected chi connectivity index (χ1v) is 5.59. The molecule has 0 heterocycles. The third kappa shape index (κ3) is 3.60. The molecule has 0 aliphatic carbocycles. The highest BCUT2D eigenvalue weighted by atomic mass is 16.7. The van der Waals surface area contributed by atoms with Crippen LogP contribution in [0.25, 0.3) is 0 Å². The highest BCUT2D eigenvalue weighted by Gasteiger charge is 2.71. The molecule has 0 radical (unpaired) electrons. The van der Waals surface area contributed by atoms with E-state index >= 15 is 0 Å². The lowest BCUT2D eigenvalue weighted by Gasteiger charge is -2.15. The van der Waals surface area contributed by atoms with Crippen LogP contribution in [0.3, 0.4) is 0 Å². The van der Waals surface area contributed by atoms with Gasteiger partial charge in [-0.15, -0.1) is 0 Å². The molecule has 0 spiro atoms. The summed E-state index contributed by atoms with van der Waals surface area (Å²) in [5.74, 6) is -8.32. The molecule has 0 unspecified atom stereocenters. The first-order valence-electron chi connectivity index (χ1n) is 5.59. The maximum atomic E-state index is 11.3. The van der Waals surface area contributed by atoms with Gasteiger partial charge in [0.15, 0.2) is 29.5 Å². The van der Waals surface area contributed by atoms with Crippen molar-refractivity contribution in [3.05, 3.63) is 60.7 Å². The number of aliphatic imine (C=N–C) groups is 1. The van der Waals surface area contributed by atoms with Crippen LogP contribution < -0.4 is 10.4 Å². The first kappa shape index (κ1) is 21.7. The molecule has 1 N–H and O–H groups in total. The number of nitro groups is 6. The fourth-order valence-electron chi connectivity index (χ4n) is 1.19. The summed E-state index contributed by atoms with van der Waals surface area (Å²) >= 11 is 0.